The summed E-state index contributed by atoms with van der Waals surface area (Å²) in [4.78, 5) is 2.19. The van der Waals surface area contributed by atoms with Gasteiger partial charge in [-0.2, -0.15) is 13.5 Å². The van der Waals surface area contributed by atoms with Crippen molar-refractivity contribution in [3.63, 3.8) is 0 Å². The van der Waals surface area contributed by atoms with E-state index in [0.717, 1.165) is 5.56 Å². The van der Waals surface area contributed by atoms with Crippen LogP contribution in [0.4, 0.5) is 4.39 Å². The molecule has 30 heavy (non-hydrogen) atoms. The Kier molecular flexibility index (Phi) is 6.91. The molecule has 0 atom stereocenters. The smallest absolute Gasteiger partial charge is 0.276 e. The van der Waals surface area contributed by atoms with Crippen molar-refractivity contribution in [3.8, 4) is 11.5 Å². The van der Waals surface area contributed by atoms with Crippen LogP contribution in [-0.2, 0) is 16.6 Å². The molecular weight excluding hydrogens is 431 g/mol. The number of nitrogens with one attached hydrogen (secondary N) is 1. The maximum Gasteiger partial charge on any atom is 0.276 e. The van der Waals surface area contributed by atoms with E-state index < -0.39 is 10.0 Å². The molecule has 0 unspecified atom stereocenters. The summed E-state index contributed by atoms with van der Waals surface area (Å²) < 4.78 is 48.5. The molecule has 9 heteroatoms. The second kappa shape index (κ2) is 9.60. The first-order valence-corrected chi connectivity index (χ1v) is 10.6. The van der Waals surface area contributed by atoms with Gasteiger partial charge in [0.15, 0.2) is 11.5 Å². The van der Waals surface area contributed by atoms with Crippen molar-refractivity contribution in [2.45, 2.75) is 11.5 Å². The number of nitrogens with zero attached hydrogens (tertiary/aromatic N) is 1. The average molecular weight is 449 g/mol. The lowest BCUT2D eigenvalue weighted by Crippen LogP contribution is -2.18. The number of hydrogen-bond donors (Lipinski definition) is 1. The molecule has 0 aliphatic carbocycles. The maximum atomic E-state index is 13.0. The number of methoxy groups -OCH3 is 1. The first-order valence-electron chi connectivity index (χ1n) is 8.73. The third-order valence-corrected chi connectivity index (χ3v) is 5.50. The summed E-state index contributed by atoms with van der Waals surface area (Å²) in [6, 6.07) is 16.8. The molecule has 0 heterocycles. The minimum absolute atomic E-state index is 0.0474. The van der Waals surface area contributed by atoms with E-state index in [0.29, 0.717) is 22.1 Å². The molecule has 3 aromatic carbocycles. The van der Waals surface area contributed by atoms with Crippen molar-refractivity contribution in [1.29, 1.82) is 0 Å². The fraction of sp³-hybridized carbons (Fsp3) is 0.0952. The number of hydrogen-bond acceptors (Lipinski definition) is 5. The van der Waals surface area contributed by atoms with Crippen LogP contribution in [0, 0.1) is 5.82 Å². The fourth-order valence-electron chi connectivity index (χ4n) is 2.46. The fourth-order valence-corrected chi connectivity index (χ4v) is 3.38. The molecule has 0 spiro atoms. The van der Waals surface area contributed by atoms with Crippen molar-refractivity contribution in [2.75, 3.05) is 7.11 Å². The van der Waals surface area contributed by atoms with E-state index in [1.54, 1.807) is 30.3 Å². The van der Waals surface area contributed by atoms with Crippen LogP contribution in [0.3, 0.4) is 0 Å². The third-order valence-electron chi connectivity index (χ3n) is 4.01. The van der Waals surface area contributed by atoms with Gasteiger partial charge in [0.2, 0.25) is 0 Å². The summed E-state index contributed by atoms with van der Waals surface area (Å²) in [7, 11) is -2.31. The van der Waals surface area contributed by atoms with Gasteiger partial charge in [0, 0.05) is 5.02 Å². The predicted molar refractivity (Wildman–Crippen MR) is 113 cm³/mol. The lowest BCUT2D eigenvalue weighted by Gasteiger charge is -2.11. The first-order chi connectivity index (χ1) is 14.4. The van der Waals surface area contributed by atoms with Gasteiger partial charge in [0.1, 0.15) is 12.4 Å². The van der Waals surface area contributed by atoms with Crippen LogP contribution in [0.5, 0.6) is 11.5 Å². The zero-order chi connectivity index (χ0) is 21.6. The van der Waals surface area contributed by atoms with Gasteiger partial charge < -0.3 is 9.47 Å². The Morgan fingerprint density at radius 1 is 1.03 bits per heavy atom. The second-order valence-electron chi connectivity index (χ2n) is 6.13. The summed E-state index contributed by atoms with van der Waals surface area (Å²) in [6.07, 6.45) is 1.35. The Hall–Kier alpha value is -3.10. The van der Waals surface area contributed by atoms with Crippen molar-refractivity contribution < 1.29 is 22.3 Å². The zero-order valence-electron chi connectivity index (χ0n) is 15.9. The monoisotopic (exact) mass is 448 g/mol. The Bertz CT molecular complexity index is 1130. The van der Waals surface area contributed by atoms with Gasteiger partial charge in [0.05, 0.1) is 18.2 Å². The van der Waals surface area contributed by atoms with Gasteiger partial charge >= 0.3 is 0 Å². The highest BCUT2D eigenvalue weighted by Gasteiger charge is 2.12. The molecule has 0 saturated carbocycles. The molecule has 0 fully saturated rings. The third kappa shape index (κ3) is 5.71. The normalized spacial score (nSPS) is 11.4. The Morgan fingerprint density at radius 3 is 2.40 bits per heavy atom. The topological polar surface area (TPSA) is 77.0 Å². The number of halogens is 2. The molecular formula is C21H18ClFN2O4S. The minimum atomic E-state index is -3.80. The van der Waals surface area contributed by atoms with Crippen LogP contribution in [0.25, 0.3) is 0 Å². The molecule has 0 aliphatic heterocycles. The highest BCUT2D eigenvalue weighted by Crippen LogP contribution is 2.28. The number of sulfonamides is 1. The average Bonchev–Trinajstić information content (AvgIpc) is 2.74. The molecule has 0 amide bonds. The molecule has 3 aromatic rings. The minimum Gasteiger partial charge on any atom is -0.493 e. The molecule has 3 rings (SSSR count). The number of benzene rings is 3. The summed E-state index contributed by atoms with van der Waals surface area (Å²) >= 11 is 5.77. The summed E-state index contributed by atoms with van der Waals surface area (Å²) in [5, 5.41) is 4.23. The van der Waals surface area contributed by atoms with E-state index in [2.05, 4.69) is 9.93 Å². The Morgan fingerprint density at radius 2 is 1.73 bits per heavy atom. The standard InChI is InChI=1S/C21H18ClFN2O4S/c1-28-21-12-16(4-11-20(21)29-14-15-2-7-18(23)8-3-15)13-24-25-30(26,27)19-9-5-17(22)6-10-19/h2-13,25H,14H2,1H3. The van der Waals surface area contributed by atoms with Crippen molar-refractivity contribution in [1.82, 2.24) is 4.83 Å². The van der Waals surface area contributed by atoms with Crippen LogP contribution in [0.15, 0.2) is 76.7 Å². The molecule has 156 valence electrons. The van der Waals surface area contributed by atoms with Gasteiger partial charge in [-0.15, -0.1) is 0 Å². The van der Waals surface area contributed by atoms with Gasteiger partial charge in [-0.1, -0.05) is 23.7 Å². The molecule has 0 aliphatic rings. The molecule has 0 radical (unpaired) electrons. The van der Waals surface area contributed by atoms with Crippen LogP contribution in [0.1, 0.15) is 11.1 Å². The van der Waals surface area contributed by atoms with Gasteiger partial charge in [0.25, 0.3) is 10.0 Å². The second-order valence-corrected chi connectivity index (χ2v) is 8.23. The van der Waals surface area contributed by atoms with Gasteiger partial charge in [-0.25, -0.2) is 9.22 Å². The van der Waals surface area contributed by atoms with Crippen LogP contribution in [0.2, 0.25) is 5.02 Å². The maximum absolute atomic E-state index is 13.0. The zero-order valence-corrected chi connectivity index (χ0v) is 17.5. The highest BCUT2D eigenvalue weighted by molar-refractivity contribution is 7.89. The lowest BCUT2D eigenvalue weighted by molar-refractivity contribution is 0.284. The van der Waals surface area contributed by atoms with E-state index in [1.165, 1.54) is 49.7 Å². The summed E-state index contributed by atoms with van der Waals surface area (Å²) in [5.41, 5.74) is 1.40. The molecule has 0 saturated heterocycles. The van der Waals surface area contributed by atoms with E-state index in [-0.39, 0.29) is 17.3 Å². The number of hydrazone groups is 1. The van der Waals surface area contributed by atoms with E-state index in [4.69, 9.17) is 21.1 Å². The predicted octanol–water partition coefficient (Wildman–Crippen LogP) is 4.38. The van der Waals surface area contributed by atoms with Crippen molar-refractivity contribution in [3.05, 3.63) is 88.7 Å². The lowest BCUT2D eigenvalue weighted by atomic mass is 10.2. The SMILES string of the molecule is COc1cc(C=NNS(=O)(=O)c2ccc(Cl)cc2)ccc1OCc1ccc(F)cc1. The highest BCUT2D eigenvalue weighted by atomic mass is 35.5. The van der Waals surface area contributed by atoms with E-state index in [1.807, 2.05) is 0 Å². The number of rotatable bonds is 8. The van der Waals surface area contributed by atoms with Crippen LogP contribution >= 0.6 is 11.6 Å². The van der Waals surface area contributed by atoms with Gasteiger partial charge in [-0.05, 0) is 65.7 Å². The molecule has 6 nitrogen and oxygen atoms in total. The Labute approximate surface area is 179 Å². The molecule has 0 aromatic heterocycles. The van der Waals surface area contributed by atoms with Crippen LogP contribution in [-0.4, -0.2) is 21.7 Å². The van der Waals surface area contributed by atoms with E-state index in [9.17, 15) is 12.8 Å². The Balaban J connectivity index is 1.66. The quantitative estimate of drug-likeness (QED) is 0.410. The number of ether oxygens (including phenoxy) is 2. The molecule has 1 N–H and O–H groups in total. The summed E-state index contributed by atoms with van der Waals surface area (Å²) in [5.74, 6) is 0.619. The van der Waals surface area contributed by atoms with Crippen molar-refractivity contribution >= 4 is 27.8 Å². The summed E-state index contributed by atoms with van der Waals surface area (Å²) in [6.45, 7) is 0.241. The molecule has 0 bridgehead atoms. The first kappa shape index (κ1) is 21.6. The van der Waals surface area contributed by atoms with E-state index >= 15 is 0 Å². The van der Waals surface area contributed by atoms with Crippen molar-refractivity contribution in [2.24, 2.45) is 5.10 Å². The largest absolute Gasteiger partial charge is 0.493 e. The van der Waals surface area contributed by atoms with Crippen LogP contribution < -0.4 is 14.3 Å². The van der Waals surface area contributed by atoms with Gasteiger partial charge in [-0.3, -0.25) is 0 Å².